The summed E-state index contributed by atoms with van der Waals surface area (Å²) in [6.45, 7) is 4.76. The molecule has 1 amide bonds. The maximum Gasteiger partial charge on any atom is 0.266 e. The zero-order valence-corrected chi connectivity index (χ0v) is 19.8. The molecule has 2 aromatic carbocycles. The number of benzene rings is 2. The van der Waals surface area contributed by atoms with Crippen molar-refractivity contribution in [3.63, 3.8) is 0 Å². The second-order valence-electron chi connectivity index (χ2n) is 7.65. The molecule has 0 unspecified atom stereocenters. The number of nitrogens with zero attached hydrogens (tertiary/aromatic N) is 3. The summed E-state index contributed by atoms with van der Waals surface area (Å²) in [6, 6.07) is 13.0. The van der Waals surface area contributed by atoms with Crippen LogP contribution in [0, 0.1) is 0 Å². The third-order valence-corrected chi connectivity index (χ3v) is 6.52. The van der Waals surface area contributed by atoms with Crippen LogP contribution in [0.15, 0.2) is 42.5 Å². The van der Waals surface area contributed by atoms with E-state index in [2.05, 4.69) is 4.90 Å². The molecule has 2 heterocycles. The average Bonchev–Trinajstić information content (AvgIpc) is 3.28. The van der Waals surface area contributed by atoms with Gasteiger partial charge in [0.05, 0.1) is 37.6 Å². The van der Waals surface area contributed by atoms with Crippen molar-refractivity contribution in [2.75, 3.05) is 65.1 Å². The smallest absolute Gasteiger partial charge is 0.266 e. The van der Waals surface area contributed by atoms with Crippen LogP contribution in [-0.4, -0.2) is 76.0 Å². The Hall–Kier alpha value is -2.88. The third kappa shape index (κ3) is 6.13. The Bertz CT molecular complexity index is 1070. The number of ether oxygens (including phenoxy) is 4. The molecule has 0 spiro atoms. The zero-order valence-electron chi connectivity index (χ0n) is 19.0. The Balaban J connectivity index is 1.47. The minimum absolute atomic E-state index is 0.0794. The summed E-state index contributed by atoms with van der Waals surface area (Å²) in [7, 11) is 3.24. The first-order valence-electron chi connectivity index (χ1n) is 11.0. The van der Waals surface area contributed by atoms with Crippen molar-refractivity contribution in [3.8, 4) is 17.2 Å². The average molecular weight is 472 g/mol. The summed E-state index contributed by atoms with van der Waals surface area (Å²) in [4.78, 5) is 22.0. The predicted molar refractivity (Wildman–Crippen MR) is 129 cm³/mol. The van der Waals surface area contributed by atoms with Gasteiger partial charge < -0.3 is 18.9 Å². The van der Waals surface area contributed by atoms with Gasteiger partial charge in [-0.3, -0.25) is 14.6 Å². The van der Waals surface area contributed by atoms with E-state index in [1.807, 2.05) is 36.4 Å². The van der Waals surface area contributed by atoms with Gasteiger partial charge in [-0.15, -0.1) is 0 Å². The highest BCUT2D eigenvalue weighted by Gasteiger charge is 2.21. The minimum Gasteiger partial charge on any atom is -0.497 e. The van der Waals surface area contributed by atoms with Gasteiger partial charge in [0.1, 0.15) is 17.2 Å². The van der Waals surface area contributed by atoms with E-state index in [1.165, 1.54) is 11.3 Å². The molecule has 1 saturated heterocycles. The minimum atomic E-state index is -0.134. The molecule has 8 nitrogen and oxygen atoms in total. The molecule has 0 N–H and O–H groups in total. The van der Waals surface area contributed by atoms with Crippen LogP contribution < -0.4 is 19.1 Å². The van der Waals surface area contributed by atoms with Crippen LogP contribution in [0.1, 0.15) is 6.42 Å². The number of carbonyl (C=O) groups is 1. The Morgan fingerprint density at radius 3 is 2.64 bits per heavy atom. The molecule has 0 aliphatic carbocycles. The summed E-state index contributed by atoms with van der Waals surface area (Å²) in [5.41, 5.74) is 0.843. The summed E-state index contributed by atoms with van der Waals surface area (Å²) < 4.78 is 22.7. The first-order valence-corrected chi connectivity index (χ1v) is 11.8. The molecular formula is C24H29N3O5S. The lowest BCUT2D eigenvalue weighted by Crippen LogP contribution is -2.40. The maximum atomic E-state index is 13.2. The predicted octanol–water partition coefficient (Wildman–Crippen LogP) is 3.45. The molecule has 3 aromatic rings. The van der Waals surface area contributed by atoms with Crippen LogP contribution in [0.4, 0.5) is 5.13 Å². The lowest BCUT2D eigenvalue weighted by atomic mass is 10.3. The molecule has 9 heteroatoms. The van der Waals surface area contributed by atoms with Crippen molar-refractivity contribution in [2.24, 2.45) is 0 Å². The highest BCUT2D eigenvalue weighted by atomic mass is 32.1. The Morgan fingerprint density at radius 2 is 1.85 bits per heavy atom. The van der Waals surface area contributed by atoms with E-state index in [9.17, 15) is 4.79 Å². The van der Waals surface area contributed by atoms with Crippen molar-refractivity contribution in [2.45, 2.75) is 6.42 Å². The standard InChI is InChI=1S/C24H29N3O5S/c1-29-18-5-3-6-20(15-18)32-17-23(28)27(10-4-9-26-11-13-31-14-12-26)24-25-21-8-7-19(30-2)16-22(21)33-24/h3,5-8,15-16H,4,9-14,17H2,1-2H3. The number of thiazole rings is 1. The molecule has 1 fully saturated rings. The molecule has 1 aliphatic heterocycles. The molecule has 0 radical (unpaired) electrons. The summed E-state index contributed by atoms with van der Waals surface area (Å²) >= 11 is 1.48. The fraction of sp³-hybridized carbons (Fsp3) is 0.417. The fourth-order valence-electron chi connectivity index (χ4n) is 3.65. The van der Waals surface area contributed by atoms with Crippen molar-refractivity contribution < 1.29 is 23.7 Å². The van der Waals surface area contributed by atoms with Gasteiger partial charge in [-0.25, -0.2) is 4.98 Å². The largest absolute Gasteiger partial charge is 0.497 e. The van der Waals surface area contributed by atoms with Crippen molar-refractivity contribution >= 4 is 32.6 Å². The molecule has 0 bridgehead atoms. The van der Waals surface area contributed by atoms with Gasteiger partial charge in [0.15, 0.2) is 11.7 Å². The highest BCUT2D eigenvalue weighted by Crippen LogP contribution is 2.32. The Morgan fingerprint density at radius 1 is 1.09 bits per heavy atom. The summed E-state index contributed by atoms with van der Waals surface area (Å²) in [5, 5.41) is 0.666. The number of methoxy groups -OCH3 is 2. The molecule has 1 aromatic heterocycles. The third-order valence-electron chi connectivity index (χ3n) is 5.48. The molecule has 0 saturated carbocycles. The van der Waals surface area contributed by atoms with Crippen LogP contribution in [0.2, 0.25) is 0 Å². The lowest BCUT2D eigenvalue weighted by Gasteiger charge is -2.27. The van der Waals surface area contributed by atoms with Gasteiger partial charge >= 0.3 is 0 Å². The Kier molecular flexibility index (Phi) is 7.98. The number of hydrogen-bond donors (Lipinski definition) is 0. The molecule has 176 valence electrons. The fourth-order valence-corrected chi connectivity index (χ4v) is 4.69. The lowest BCUT2D eigenvalue weighted by molar-refractivity contribution is -0.120. The topological polar surface area (TPSA) is 73.4 Å². The zero-order chi connectivity index (χ0) is 23.0. The van der Waals surface area contributed by atoms with Crippen molar-refractivity contribution in [1.82, 2.24) is 9.88 Å². The van der Waals surface area contributed by atoms with Crippen LogP contribution >= 0.6 is 11.3 Å². The second-order valence-corrected chi connectivity index (χ2v) is 8.66. The maximum absolute atomic E-state index is 13.2. The van der Waals surface area contributed by atoms with Crippen LogP contribution in [-0.2, 0) is 9.53 Å². The number of fused-ring (bicyclic) bond motifs is 1. The van der Waals surface area contributed by atoms with Crippen LogP contribution in [0.25, 0.3) is 10.2 Å². The van der Waals surface area contributed by atoms with E-state index in [0.717, 1.165) is 55.2 Å². The molecule has 33 heavy (non-hydrogen) atoms. The van der Waals surface area contributed by atoms with E-state index >= 15 is 0 Å². The number of hydrogen-bond acceptors (Lipinski definition) is 8. The van der Waals surface area contributed by atoms with Gasteiger partial charge in [-0.1, -0.05) is 17.4 Å². The number of carbonyl (C=O) groups excluding carboxylic acids is 1. The first-order chi connectivity index (χ1) is 16.2. The monoisotopic (exact) mass is 471 g/mol. The normalized spacial score (nSPS) is 14.2. The SMILES string of the molecule is COc1cccc(OCC(=O)N(CCCN2CCOCC2)c2nc3ccc(OC)cc3s2)c1. The van der Waals surface area contributed by atoms with E-state index in [0.29, 0.717) is 23.2 Å². The van der Waals surface area contributed by atoms with E-state index in [-0.39, 0.29) is 12.5 Å². The van der Waals surface area contributed by atoms with Gasteiger partial charge in [-0.2, -0.15) is 0 Å². The summed E-state index contributed by atoms with van der Waals surface area (Å²) in [5.74, 6) is 1.91. The summed E-state index contributed by atoms with van der Waals surface area (Å²) in [6.07, 6.45) is 0.837. The molecule has 1 aliphatic rings. The number of aromatic nitrogens is 1. The highest BCUT2D eigenvalue weighted by molar-refractivity contribution is 7.22. The van der Waals surface area contributed by atoms with Gasteiger partial charge in [0.2, 0.25) is 0 Å². The quantitative estimate of drug-likeness (QED) is 0.448. The van der Waals surface area contributed by atoms with Gasteiger partial charge in [-0.05, 0) is 36.8 Å². The van der Waals surface area contributed by atoms with Gasteiger partial charge in [0.25, 0.3) is 5.91 Å². The van der Waals surface area contributed by atoms with Crippen molar-refractivity contribution in [3.05, 3.63) is 42.5 Å². The molecular weight excluding hydrogens is 442 g/mol. The van der Waals surface area contributed by atoms with E-state index < -0.39 is 0 Å². The number of morpholine rings is 1. The second kappa shape index (κ2) is 11.3. The Labute approximate surface area is 197 Å². The number of rotatable bonds is 10. The van der Waals surface area contributed by atoms with Crippen LogP contribution in [0.3, 0.4) is 0 Å². The molecule has 0 atom stereocenters. The van der Waals surface area contributed by atoms with E-state index in [4.69, 9.17) is 23.9 Å². The van der Waals surface area contributed by atoms with Gasteiger partial charge in [0, 0.05) is 32.2 Å². The number of amides is 1. The number of anilines is 1. The van der Waals surface area contributed by atoms with Crippen molar-refractivity contribution in [1.29, 1.82) is 0 Å². The first kappa shape index (κ1) is 23.3. The molecule has 4 rings (SSSR count). The van der Waals surface area contributed by atoms with Crippen LogP contribution in [0.5, 0.6) is 17.2 Å². The van der Waals surface area contributed by atoms with E-state index in [1.54, 1.807) is 25.2 Å².